The molecule has 0 N–H and O–H groups in total. The van der Waals surface area contributed by atoms with Crippen molar-refractivity contribution in [2.24, 2.45) is 0 Å². The predicted octanol–water partition coefficient (Wildman–Crippen LogP) is 1.24. The van der Waals surface area contributed by atoms with E-state index in [2.05, 4.69) is 0 Å². The summed E-state index contributed by atoms with van der Waals surface area (Å²) in [5.41, 5.74) is 0. The summed E-state index contributed by atoms with van der Waals surface area (Å²) >= 11 is 0. The third kappa shape index (κ3) is 2.87. The number of ether oxygens (including phenoxy) is 4. The van der Waals surface area contributed by atoms with Crippen LogP contribution in [0, 0.1) is 0 Å². The summed E-state index contributed by atoms with van der Waals surface area (Å²) in [6.07, 6.45) is 0.589. The van der Waals surface area contributed by atoms with Gasteiger partial charge in [0, 0.05) is 0 Å². The van der Waals surface area contributed by atoms with Gasteiger partial charge in [-0.15, -0.1) is 0 Å². The Balaban J connectivity index is 1.47. The molecule has 2 aliphatic heterocycles. The van der Waals surface area contributed by atoms with Crippen molar-refractivity contribution in [2.75, 3.05) is 26.4 Å². The lowest BCUT2D eigenvalue weighted by Gasteiger charge is -2.06. The van der Waals surface area contributed by atoms with Crippen LogP contribution in [0.1, 0.15) is 0 Å². The van der Waals surface area contributed by atoms with Gasteiger partial charge in [-0.25, -0.2) is 0 Å². The lowest BCUT2D eigenvalue weighted by atomic mass is 10.3. The molecule has 1 aromatic rings. The second kappa shape index (κ2) is 4.31. The normalized spacial score (nSPS) is 26.2. The molecule has 2 fully saturated rings. The van der Waals surface area contributed by atoms with E-state index in [-0.39, 0.29) is 0 Å². The minimum atomic E-state index is 0.294. The Hall–Kier alpha value is -1.26. The van der Waals surface area contributed by atoms with E-state index in [1.165, 1.54) is 0 Å². The number of hydrogen-bond donors (Lipinski definition) is 0. The van der Waals surface area contributed by atoms with Gasteiger partial charge in [-0.05, 0) is 24.3 Å². The Morgan fingerprint density at radius 1 is 0.875 bits per heavy atom. The van der Waals surface area contributed by atoms with E-state index < -0.39 is 0 Å². The number of hydrogen-bond acceptors (Lipinski definition) is 4. The molecule has 0 saturated carbocycles. The van der Waals surface area contributed by atoms with Crippen molar-refractivity contribution in [1.29, 1.82) is 0 Å². The van der Waals surface area contributed by atoms with Crippen LogP contribution in [0.3, 0.4) is 0 Å². The highest BCUT2D eigenvalue weighted by molar-refractivity contribution is 5.31. The van der Waals surface area contributed by atoms with Gasteiger partial charge in [-0.1, -0.05) is 0 Å². The summed E-state index contributed by atoms with van der Waals surface area (Å²) < 4.78 is 21.2. The van der Waals surface area contributed by atoms with Crippen molar-refractivity contribution < 1.29 is 18.9 Å². The van der Waals surface area contributed by atoms with Crippen LogP contribution < -0.4 is 9.47 Å². The van der Waals surface area contributed by atoms with Crippen molar-refractivity contribution in [1.82, 2.24) is 0 Å². The fourth-order valence-electron chi connectivity index (χ4n) is 1.34. The molecule has 0 amide bonds. The van der Waals surface area contributed by atoms with Crippen molar-refractivity contribution in [3.8, 4) is 11.5 Å². The van der Waals surface area contributed by atoms with Gasteiger partial charge in [0.1, 0.15) is 36.9 Å². The van der Waals surface area contributed by atoms with Gasteiger partial charge in [-0.2, -0.15) is 0 Å². The first kappa shape index (κ1) is 9.93. The van der Waals surface area contributed by atoms with Crippen LogP contribution in [0.4, 0.5) is 0 Å². The SMILES string of the molecule is c1cc(OC[C@@H]2CO2)ccc1OC[C@@H]1CO1. The number of rotatable bonds is 6. The molecule has 0 aromatic heterocycles. The molecule has 0 radical (unpaired) electrons. The Kier molecular flexibility index (Phi) is 2.68. The van der Waals surface area contributed by atoms with Crippen LogP contribution in [0.15, 0.2) is 24.3 Å². The van der Waals surface area contributed by atoms with E-state index in [9.17, 15) is 0 Å². The summed E-state index contributed by atoms with van der Waals surface area (Å²) in [5, 5.41) is 0. The first-order valence-electron chi connectivity index (χ1n) is 5.49. The predicted molar refractivity (Wildman–Crippen MR) is 56.9 cm³/mol. The first-order chi connectivity index (χ1) is 7.90. The van der Waals surface area contributed by atoms with E-state index in [1.54, 1.807) is 0 Å². The van der Waals surface area contributed by atoms with Crippen molar-refractivity contribution in [3.05, 3.63) is 24.3 Å². The van der Waals surface area contributed by atoms with E-state index >= 15 is 0 Å². The van der Waals surface area contributed by atoms with Gasteiger partial charge in [0.15, 0.2) is 0 Å². The van der Waals surface area contributed by atoms with Crippen LogP contribution >= 0.6 is 0 Å². The van der Waals surface area contributed by atoms with E-state index in [4.69, 9.17) is 18.9 Å². The molecule has 1 aromatic carbocycles. The van der Waals surface area contributed by atoms with Gasteiger partial charge >= 0.3 is 0 Å². The Morgan fingerprint density at radius 2 is 1.25 bits per heavy atom. The molecule has 0 aliphatic carbocycles. The maximum Gasteiger partial charge on any atom is 0.119 e. The molecule has 2 aliphatic rings. The maximum absolute atomic E-state index is 5.52. The van der Waals surface area contributed by atoms with E-state index in [0.29, 0.717) is 25.4 Å². The number of epoxide rings is 2. The zero-order valence-corrected chi connectivity index (χ0v) is 8.93. The zero-order chi connectivity index (χ0) is 10.8. The molecule has 0 unspecified atom stereocenters. The van der Waals surface area contributed by atoms with Crippen LogP contribution in [-0.2, 0) is 9.47 Å². The van der Waals surface area contributed by atoms with Crippen LogP contribution in [0.2, 0.25) is 0 Å². The summed E-state index contributed by atoms with van der Waals surface area (Å²) in [6, 6.07) is 7.63. The van der Waals surface area contributed by atoms with Crippen LogP contribution in [0.25, 0.3) is 0 Å². The van der Waals surface area contributed by atoms with Gasteiger partial charge in [0.2, 0.25) is 0 Å². The third-order valence-electron chi connectivity index (χ3n) is 2.50. The lowest BCUT2D eigenvalue weighted by molar-refractivity contribution is 0.257. The average Bonchev–Trinajstić information content (AvgIpc) is 3.17. The minimum Gasteiger partial charge on any atom is -0.491 e. The molecule has 4 nitrogen and oxygen atoms in total. The van der Waals surface area contributed by atoms with Gasteiger partial charge < -0.3 is 18.9 Å². The smallest absolute Gasteiger partial charge is 0.119 e. The fourth-order valence-corrected chi connectivity index (χ4v) is 1.34. The second-order valence-corrected chi connectivity index (χ2v) is 4.00. The molecule has 16 heavy (non-hydrogen) atoms. The summed E-state index contributed by atoms with van der Waals surface area (Å²) in [7, 11) is 0. The Labute approximate surface area is 94.1 Å². The average molecular weight is 222 g/mol. The quantitative estimate of drug-likeness (QED) is 0.679. The standard InChI is InChI=1S/C12H14O4/c1-2-10(14-6-12-8-16-12)4-3-9(1)13-5-11-7-15-11/h1-4,11-12H,5-8H2/t11-,12-/m1/s1. The van der Waals surface area contributed by atoms with E-state index in [1.807, 2.05) is 24.3 Å². The monoisotopic (exact) mass is 222 g/mol. The van der Waals surface area contributed by atoms with Gasteiger partial charge in [0.25, 0.3) is 0 Å². The van der Waals surface area contributed by atoms with Crippen molar-refractivity contribution in [3.63, 3.8) is 0 Å². The molecule has 86 valence electrons. The molecule has 2 heterocycles. The zero-order valence-electron chi connectivity index (χ0n) is 8.93. The Bertz CT molecular complexity index is 306. The lowest BCUT2D eigenvalue weighted by Crippen LogP contribution is -2.05. The van der Waals surface area contributed by atoms with Crippen molar-refractivity contribution >= 4 is 0 Å². The highest BCUT2D eigenvalue weighted by Crippen LogP contribution is 2.20. The largest absolute Gasteiger partial charge is 0.491 e. The molecule has 2 atom stereocenters. The Morgan fingerprint density at radius 3 is 1.56 bits per heavy atom. The number of benzene rings is 1. The summed E-state index contributed by atoms with van der Waals surface area (Å²) in [5.74, 6) is 1.70. The summed E-state index contributed by atoms with van der Waals surface area (Å²) in [4.78, 5) is 0. The molecule has 4 heteroatoms. The van der Waals surface area contributed by atoms with Gasteiger partial charge in [-0.3, -0.25) is 0 Å². The molecular formula is C12H14O4. The van der Waals surface area contributed by atoms with E-state index in [0.717, 1.165) is 24.7 Å². The molecular weight excluding hydrogens is 208 g/mol. The topological polar surface area (TPSA) is 43.5 Å². The molecule has 0 spiro atoms. The van der Waals surface area contributed by atoms with Crippen molar-refractivity contribution in [2.45, 2.75) is 12.2 Å². The summed E-state index contributed by atoms with van der Waals surface area (Å²) in [6.45, 7) is 2.91. The van der Waals surface area contributed by atoms with Crippen LogP contribution in [0.5, 0.6) is 11.5 Å². The second-order valence-electron chi connectivity index (χ2n) is 4.00. The highest BCUT2D eigenvalue weighted by atomic mass is 16.6. The third-order valence-corrected chi connectivity index (χ3v) is 2.50. The highest BCUT2D eigenvalue weighted by Gasteiger charge is 2.23. The van der Waals surface area contributed by atoms with Crippen LogP contribution in [-0.4, -0.2) is 38.6 Å². The van der Waals surface area contributed by atoms with Gasteiger partial charge in [0.05, 0.1) is 13.2 Å². The first-order valence-corrected chi connectivity index (χ1v) is 5.49. The fraction of sp³-hybridized carbons (Fsp3) is 0.500. The minimum absolute atomic E-state index is 0.294. The molecule has 0 bridgehead atoms. The maximum atomic E-state index is 5.52. The molecule has 3 rings (SSSR count). The molecule has 2 saturated heterocycles.